The number of hydrazone groups is 1. The molecular weight excluding hydrogens is 347 g/mol. The summed E-state index contributed by atoms with van der Waals surface area (Å²) in [4.78, 5) is 19.8. The molecule has 0 atom stereocenters. The van der Waals surface area contributed by atoms with Gasteiger partial charge in [-0.15, -0.1) is 0 Å². The van der Waals surface area contributed by atoms with Crippen molar-refractivity contribution in [3.63, 3.8) is 0 Å². The van der Waals surface area contributed by atoms with E-state index in [0.717, 1.165) is 4.57 Å². The van der Waals surface area contributed by atoms with Crippen LogP contribution in [0.4, 0.5) is 13.2 Å². The molecule has 134 valence electrons. The summed E-state index contributed by atoms with van der Waals surface area (Å²) in [5, 5.41) is 3.89. The number of amides is 1. The molecule has 3 rings (SSSR count). The van der Waals surface area contributed by atoms with Crippen LogP contribution in [0.25, 0.3) is 11.0 Å². The Morgan fingerprint density at radius 1 is 1.19 bits per heavy atom. The van der Waals surface area contributed by atoms with Gasteiger partial charge in [0.05, 0.1) is 22.4 Å². The van der Waals surface area contributed by atoms with Crippen LogP contribution in [0.5, 0.6) is 0 Å². The Kier molecular flexibility index (Phi) is 4.70. The second-order valence-corrected chi connectivity index (χ2v) is 5.46. The highest BCUT2D eigenvalue weighted by molar-refractivity contribution is 5.97. The molecule has 9 heteroatoms. The van der Waals surface area contributed by atoms with Crippen LogP contribution in [0.3, 0.4) is 0 Å². The number of carbonyl (C=O) groups excluding carboxylic acids is 1. The van der Waals surface area contributed by atoms with Crippen molar-refractivity contribution >= 4 is 22.7 Å². The smallest absolute Gasteiger partial charge is 0.311 e. The Balaban J connectivity index is 1.83. The van der Waals surface area contributed by atoms with Crippen LogP contribution in [0.2, 0.25) is 0 Å². The summed E-state index contributed by atoms with van der Waals surface area (Å²) in [5.74, 6) is -1.83. The summed E-state index contributed by atoms with van der Waals surface area (Å²) in [6.07, 6.45) is -3.10. The average Bonchev–Trinajstić information content (AvgIpc) is 2.99. The van der Waals surface area contributed by atoms with Crippen molar-refractivity contribution in [2.45, 2.75) is 19.6 Å². The number of aromatic nitrogens is 3. The van der Waals surface area contributed by atoms with Gasteiger partial charge in [0.1, 0.15) is 6.54 Å². The van der Waals surface area contributed by atoms with Gasteiger partial charge < -0.3 is 4.57 Å². The van der Waals surface area contributed by atoms with E-state index in [9.17, 15) is 18.0 Å². The van der Waals surface area contributed by atoms with Gasteiger partial charge in [-0.25, -0.2) is 10.4 Å². The van der Waals surface area contributed by atoms with E-state index in [1.807, 2.05) is 0 Å². The minimum atomic E-state index is -4.67. The number of para-hydroxylation sites is 2. The van der Waals surface area contributed by atoms with Gasteiger partial charge in [0.15, 0.2) is 0 Å². The lowest BCUT2D eigenvalue weighted by atomic mass is 10.3. The van der Waals surface area contributed by atoms with Crippen molar-refractivity contribution in [1.82, 2.24) is 20.0 Å². The summed E-state index contributed by atoms with van der Waals surface area (Å²) in [6, 6.07) is 11.3. The molecule has 1 amide bonds. The Bertz CT molecular complexity index is 963. The number of hydrogen-bond acceptors (Lipinski definition) is 4. The van der Waals surface area contributed by atoms with E-state index in [1.165, 1.54) is 12.1 Å². The largest absolute Gasteiger partial charge is 0.449 e. The molecule has 26 heavy (non-hydrogen) atoms. The zero-order chi connectivity index (χ0) is 18.7. The lowest BCUT2D eigenvalue weighted by Gasteiger charge is -2.10. The number of rotatable bonds is 4. The van der Waals surface area contributed by atoms with Crippen LogP contribution in [0.15, 0.2) is 53.8 Å². The van der Waals surface area contributed by atoms with Gasteiger partial charge in [-0.05, 0) is 31.2 Å². The Morgan fingerprint density at radius 2 is 1.92 bits per heavy atom. The van der Waals surface area contributed by atoms with Gasteiger partial charge in [-0.3, -0.25) is 9.78 Å². The van der Waals surface area contributed by atoms with E-state index in [2.05, 4.69) is 20.5 Å². The molecule has 0 aliphatic rings. The van der Waals surface area contributed by atoms with Crippen LogP contribution in [0, 0.1) is 0 Å². The molecule has 0 fully saturated rings. The normalized spacial score (nSPS) is 12.4. The minimum absolute atomic E-state index is 0.167. The highest BCUT2D eigenvalue weighted by atomic mass is 19.4. The number of pyridine rings is 1. The van der Waals surface area contributed by atoms with E-state index in [0.29, 0.717) is 11.4 Å². The lowest BCUT2D eigenvalue weighted by molar-refractivity contribution is -0.147. The first-order valence-electron chi connectivity index (χ1n) is 7.63. The van der Waals surface area contributed by atoms with Crippen molar-refractivity contribution in [3.8, 4) is 0 Å². The number of fused-ring (bicyclic) bond motifs is 1. The van der Waals surface area contributed by atoms with Crippen LogP contribution in [-0.2, 0) is 17.5 Å². The average molecular weight is 361 g/mol. The Morgan fingerprint density at radius 3 is 2.62 bits per heavy atom. The van der Waals surface area contributed by atoms with Crippen molar-refractivity contribution in [2.75, 3.05) is 0 Å². The van der Waals surface area contributed by atoms with Gasteiger partial charge in [0.25, 0.3) is 5.91 Å². The second kappa shape index (κ2) is 6.95. The number of benzene rings is 1. The molecule has 1 N–H and O–H groups in total. The predicted octanol–water partition coefficient (Wildman–Crippen LogP) is 2.99. The van der Waals surface area contributed by atoms with Gasteiger partial charge in [-0.2, -0.15) is 18.3 Å². The first kappa shape index (κ1) is 17.6. The number of nitrogens with zero attached hydrogens (tertiary/aromatic N) is 4. The van der Waals surface area contributed by atoms with Crippen LogP contribution in [-0.4, -0.2) is 26.2 Å². The summed E-state index contributed by atoms with van der Waals surface area (Å²) in [7, 11) is 0. The van der Waals surface area contributed by atoms with Crippen molar-refractivity contribution in [3.05, 3.63) is 60.2 Å². The maximum Gasteiger partial charge on any atom is 0.449 e. The third-order valence-electron chi connectivity index (χ3n) is 3.59. The van der Waals surface area contributed by atoms with Crippen LogP contribution in [0.1, 0.15) is 18.4 Å². The third kappa shape index (κ3) is 3.71. The topological polar surface area (TPSA) is 72.2 Å². The molecule has 0 spiro atoms. The first-order valence-corrected chi connectivity index (χ1v) is 7.63. The fraction of sp³-hybridized carbons (Fsp3) is 0.176. The number of alkyl halides is 3. The summed E-state index contributed by atoms with van der Waals surface area (Å²) in [5.41, 5.74) is 3.63. The Labute approximate surface area is 146 Å². The minimum Gasteiger partial charge on any atom is -0.311 e. The molecule has 6 nitrogen and oxygen atoms in total. The molecule has 3 aromatic rings. The molecule has 2 aromatic heterocycles. The fourth-order valence-electron chi connectivity index (χ4n) is 2.41. The molecule has 2 heterocycles. The van der Waals surface area contributed by atoms with Crippen molar-refractivity contribution < 1.29 is 18.0 Å². The fourth-order valence-corrected chi connectivity index (χ4v) is 2.41. The molecule has 0 saturated carbocycles. The highest BCUT2D eigenvalue weighted by Gasteiger charge is 2.37. The standard InChI is InChI=1S/C17H14F3N5O/c1-11(12-6-4-5-9-21-12)23-24-15(26)10-25-14-8-3-2-7-13(14)22-16(25)17(18,19)20/h2-9H,10H2,1H3,(H,24,26)/b23-11+. The van der Waals surface area contributed by atoms with Crippen LogP contribution < -0.4 is 5.43 Å². The van der Waals surface area contributed by atoms with Gasteiger partial charge >= 0.3 is 6.18 Å². The monoisotopic (exact) mass is 361 g/mol. The zero-order valence-corrected chi connectivity index (χ0v) is 13.7. The zero-order valence-electron chi connectivity index (χ0n) is 13.7. The second-order valence-electron chi connectivity index (χ2n) is 5.46. The molecule has 0 aliphatic carbocycles. The molecule has 0 unspecified atom stereocenters. The number of hydrogen-bond donors (Lipinski definition) is 1. The third-order valence-corrected chi connectivity index (χ3v) is 3.59. The number of carbonyl (C=O) groups is 1. The molecule has 0 saturated heterocycles. The molecule has 1 aromatic carbocycles. The molecule has 0 bridgehead atoms. The number of halogens is 3. The van der Waals surface area contributed by atoms with Crippen molar-refractivity contribution in [2.24, 2.45) is 5.10 Å². The van der Waals surface area contributed by atoms with E-state index >= 15 is 0 Å². The molecule has 0 radical (unpaired) electrons. The molecule has 0 aliphatic heterocycles. The Hall–Kier alpha value is -3.23. The maximum absolute atomic E-state index is 13.2. The lowest BCUT2D eigenvalue weighted by Crippen LogP contribution is -2.27. The summed E-state index contributed by atoms with van der Waals surface area (Å²) in [6.45, 7) is 1.07. The van der Waals surface area contributed by atoms with E-state index in [-0.39, 0.29) is 11.0 Å². The van der Waals surface area contributed by atoms with Gasteiger partial charge in [-0.1, -0.05) is 18.2 Å². The summed E-state index contributed by atoms with van der Waals surface area (Å²) < 4.78 is 40.5. The highest BCUT2D eigenvalue weighted by Crippen LogP contribution is 2.31. The van der Waals surface area contributed by atoms with E-state index < -0.39 is 24.5 Å². The number of imidazole rings is 1. The van der Waals surface area contributed by atoms with Gasteiger partial charge in [0, 0.05) is 6.20 Å². The quantitative estimate of drug-likeness (QED) is 0.574. The van der Waals surface area contributed by atoms with Crippen LogP contribution >= 0.6 is 0 Å². The predicted molar refractivity (Wildman–Crippen MR) is 89.3 cm³/mol. The van der Waals surface area contributed by atoms with Crippen molar-refractivity contribution in [1.29, 1.82) is 0 Å². The SMILES string of the molecule is C/C(=N\NC(=O)Cn1c(C(F)(F)F)nc2ccccc21)c1ccccn1. The number of nitrogens with one attached hydrogen (secondary N) is 1. The maximum atomic E-state index is 13.2. The first-order chi connectivity index (χ1) is 12.4. The van der Waals surface area contributed by atoms with E-state index in [4.69, 9.17) is 0 Å². The molecular formula is C17H14F3N5O. The summed E-state index contributed by atoms with van der Waals surface area (Å²) >= 11 is 0. The van der Waals surface area contributed by atoms with E-state index in [1.54, 1.807) is 43.5 Å². The van der Waals surface area contributed by atoms with Gasteiger partial charge in [0.2, 0.25) is 5.82 Å².